The molecular weight excluding hydrogens is 288 g/mol. The number of nitro benzene ring substituents is 1. The molecule has 6 nitrogen and oxygen atoms in total. The van der Waals surface area contributed by atoms with Gasteiger partial charge in [-0.3, -0.25) is 14.5 Å². The Morgan fingerprint density at radius 1 is 1.43 bits per heavy atom. The number of nitrogens with two attached hydrogens (primary N) is 1. The number of rotatable bonds is 5. The Balaban J connectivity index is 2.12. The lowest BCUT2D eigenvalue weighted by Crippen LogP contribution is -2.02. The lowest BCUT2D eigenvalue weighted by Gasteiger charge is -2.03. The summed E-state index contributed by atoms with van der Waals surface area (Å²) in [6.45, 7) is 0.603. The zero-order valence-corrected chi connectivity index (χ0v) is 12.0. The predicted molar refractivity (Wildman–Crippen MR) is 82.5 cm³/mol. The number of aromatic nitrogens is 2. The summed E-state index contributed by atoms with van der Waals surface area (Å²) in [6, 6.07) is 6.60. The first-order chi connectivity index (χ1) is 10.2. The summed E-state index contributed by atoms with van der Waals surface area (Å²) in [5.74, 6) is 0. The molecule has 0 aliphatic carbocycles. The molecule has 0 aliphatic heterocycles. The molecule has 3 aromatic rings. The van der Waals surface area contributed by atoms with Crippen molar-refractivity contribution in [1.29, 1.82) is 0 Å². The fourth-order valence-electron chi connectivity index (χ4n) is 2.34. The minimum Gasteiger partial charge on any atom is -0.330 e. The van der Waals surface area contributed by atoms with Gasteiger partial charge in [0.25, 0.3) is 5.69 Å². The SMILES string of the molecule is NCCCc1c(-c2cccc([N+](=O)[O-])c2)nc2sccn12. The minimum absolute atomic E-state index is 0.0774. The zero-order chi connectivity index (χ0) is 14.8. The summed E-state index contributed by atoms with van der Waals surface area (Å²) in [6.07, 6.45) is 3.62. The summed E-state index contributed by atoms with van der Waals surface area (Å²) in [5, 5.41) is 12.9. The van der Waals surface area contributed by atoms with Gasteiger partial charge in [-0.25, -0.2) is 4.98 Å². The molecule has 0 spiro atoms. The standard InChI is InChI=1S/C14H14N4O2S/c15-6-2-5-12-13(16-14-17(12)7-8-21-14)10-3-1-4-11(9-10)18(19)20/h1,3-4,7-9H,2,5-6,15H2. The number of fused-ring (bicyclic) bond motifs is 1. The number of non-ortho nitro benzene ring substituents is 1. The Morgan fingerprint density at radius 2 is 2.29 bits per heavy atom. The lowest BCUT2D eigenvalue weighted by atomic mass is 10.1. The van der Waals surface area contributed by atoms with Crippen LogP contribution in [-0.4, -0.2) is 20.9 Å². The topological polar surface area (TPSA) is 86.5 Å². The van der Waals surface area contributed by atoms with Gasteiger partial charge in [0, 0.05) is 29.3 Å². The van der Waals surface area contributed by atoms with E-state index in [4.69, 9.17) is 5.73 Å². The second-order valence-electron chi connectivity index (χ2n) is 4.66. The fourth-order valence-corrected chi connectivity index (χ4v) is 3.07. The van der Waals surface area contributed by atoms with Gasteiger partial charge in [0.1, 0.15) is 0 Å². The van der Waals surface area contributed by atoms with Gasteiger partial charge in [-0.05, 0) is 19.4 Å². The van der Waals surface area contributed by atoms with Crippen LogP contribution < -0.4 is 5.73 Å². The molecular formula is C14H14N4O2S. The highest BCUT2D eigenvalue weighted by Gasteiger charge is 2.16. The maximum Gasteiger partial charge on any atom is 0.270 e. The Hall–Kier alpha value is -2.25. The summed E-state index contributed by atoms with van der Waals surface area (Å²) in [4.78, 5) is 16.0. The summed E-state index contributed by atoms with van der Waals surface area (Å²) < 4.78 is 2.04. The van der Waals surface area contributed by atoms with Crippen LogP contribution in [0, 0.1) is 10.1 Å². The van der Waals surface area contributed by atoms with Gasteiger partial charge >= 0.3 is 0 Å². The monoisotopic (exact) mass is 302 g/mol. The van der Waals surface area contributed by atoms with Crippen LogP contribution in [0.3, 0.4) is 0 Å². The van der Waals surface area contributed by atoms with Crippen LogP contribution >= 0.6 is 11.3 Å². The number of thiazole rings is 1. The number of aryl methyl sites for hydroxylation is 1. The second kappa shape index (κ2) is 5.63. The smallest absolute Gasteiger partial charge is 0.270 e. The fraction of sp³-hybridized carbons (Fsp3) is 0.214. The molecule has 0 bridgehead atoms. The number of nitrogens with zero attached hydrogens (tertiary/aromatic N) is 3. The van der Waals surface area contributed by atoms with Crippen molar-refractivity contribution in [2.75, 3.05) is 6.54 Å². The second-order valence-corrected chi connectivity index (χ2v) is 5.54. The van der Waals surface area contributed by atoms with Crippen LogP contribution in [0.15, 0.2) is 35.8 Å². The minimum atomic E-state index is -0.387. The quantitative estimate of drug-likeness (QED) is 0.580. The first kappa shape index (κ1) is 13.7. The summed E-state index contributed by atoms with van der Waals surface area (Å²) in [7, 11) is 0. The predicted octanol–water partition coefficient (Wildman–Crippen LogP) is 2.86. The average molecular weight is 302 g/mol. The third kappa shape index (κ3) is 2.53. The maximum absolute atomic E-state index is 10.9. The average Bonchev–Trinajstić information content (AvgIpc) is 3.06. The van der Waals surface area contributed by atoms with Crippen molar-refractivity contribution in [3.63, 3.8) is 0 Å². The van der Waals surface area contributed by atoms with E-state index in [-0.39, 0.29) is 10.6 Å². The van der Waals surface area contributed by atoms with E-state index in [1.54, 1.807) is 23.5 Å². The van der Waals surface area contributed by atoms with Crippen molar-refractivity contribution >= 4 is 22.0 Å². The third-order valence-electron chi connectivity index (χ3n) is 3.31. The van der Waals surface area contributed by atoms with Gasteiger partial charge in [-0.15, -0.1) is 11.3 Å². The van der Waals surface area contributed by atoms with Gasteiger partial charge < -0.3 is 5.73 Å². The van der Waals surface area contributed by atoms with Gasteiger partial charge in [-0.2, -0.15) is 0 Å². The Morgan fingerprint density at radius 3 is 3.05 bits per heavy atom. The Bertz CT molecular complexity index is 793. The molecule has 0 aliphatic rings. The van der Waals surface area contributed by atoms with Gasteiger partial charge in [0.05, 0.1) is 16.3 Å². The Labute approximate surface area is 125 Å². The van der Waals surface area contributed by atoms with Crippen molar-refractivity contribution in [3.05, 3.63) is 51.7 Å². The molecule has 21 heavy (non-hydrogen) atoms. The molecule has 2 aromatic heterocycles. The molecule has 0 radical (unpaired) electrons. The van der Waals surface area contributed by atoms with E-state index in [2.05, 4.69) is 4.98 Å². The van der Waals surface area contributed by atoms with Gasteiger partial charge in [0.2, 0.25) is 0 Å². The summed E-state index contributed by atoms with van der Waals surface area (Å²) in [5.41, 5.74) is 8.31. The lowest BCUT2D eigenvalue weighted by molar-refractivity contribution is -0.384. The summed E-state index contributed by atoms with van der Waals surface area (Å²) >= 11 is 1.55. The van der Waals surface area contributed by atoms with Crippen molar-refractivity contribution < 1.29 is 4.92 Å². The Kier molecular flexibility index (Phi) is 3.68. The first-order valence-corrected chi connectivity index (χ1v) is 7.48. The van der Waals surface area contributed by atoms with Crippen LogP contribution in [0.1, 0.15) is 12.1 Å². The number of hydrogen-bond acceptors (Lipinski definition) is 5. The number of hydrogen-bond donors (Lipinski definition) is 1. The third-order valence-corrected chi connectivity index (χ3v) is 4.07. The highest BCUT2D eigenvalue weighted by molar-refractivity contribution is 7.15. The normalized spacial score (nSPS) is 11.1. The molecule has 0 unspecified atom stereocenters. The van der Waals surface area contributed by atoms with E-state index < -0.39 is 0 Å². The van der Waals surface area contributed by atoms with Crippen LogP contribution in [0.5, 0.6) is 0 Å². The highest BCUT2D eigenvalue weighted by Crippen LogP contribution is 2.29. The zero-order valence-electron chi connectivity index (χ0n) is 11.2. The highest BCUT2D eigenvalue weighted by atomic mass is 32.1. The number of nitro groups is 1. The molecule has 2 heterocycles. The van der Waals surface area contributed by atoms with Crippen molar-refractivity contribution in [3.8, 4) is 11.3 Å². The maximum atomic E-state index is 10.9. The van der Waals surface area contributed by atoms with E-state index in [0.717, 1.165) is 34.8 Å². The molecule has 108 valence electrons. The van der Waals surface area contributed by atoms with Crippen LogP contribution in [0.25, 0.3) is 16.2 Å². The van der Waals surface area contributed by atoms with Crippen LogP contribution in [0.4, 0.5) is 5.69 Å². The number of imidazole rings is 1. The van der Waals surface area contributed by atoms with Crippen molar-refractivity contribution in [2.24, 2.45) is 5.73 Å². The first-order valence-electron chi connectivity index (χ1n) is 6.60. The van der Waals surface area contributed by atoms with Gasteiger partial charge in [-0.1, -0.05) is 12.1 Å². The molecule has 2 N–H and O–H groups in total. The van der Waals surface area contributed by atoms with E-state index in [0.29, 0.717) is 6.54 Å². The molecule has 1 aromatic carbocycles. The van der Waals surface area contributed by atoms with Crippen LogP contribution in [0.2, 0.25) is 0 Å². The molecule has 0 saturated heterocycles. The number of benzene rings is 1. The molecule has 0 amide bonds. The molecule has 0 atom stereocenters. The molecule has 3 rings (SSSR count). The van der Waals surface area contributed by atoms with Crippen molar-refractivity contribution in [2.45, 2.75) is 12.8 Å². The molecule has 0 fully saturated rings. The van der Waals surface area contributed by atoms with Gasteiger partial charge in [0.15, 0.2) is 4.96 Å². The largest absolute Gasteiger partial charge is 0.330 e. The van der Waals surface area contributed by atoms with E-state index in [9.17, 15) is 10.1 Å². The van der Waals surface area contributed by atoms with Crippen molar-refractivity contribution in [1.82, 2.24) is 9.38 Å². The van der Waals surface area contributed by atoms with E-state index in [1.165, 1.54) is 6.07 Å². The molecule has 0 saturated carbocycles. The van der Waals surface area contributed by atoms with E-state index >= 15 is 0 Å². The molecule has 7 heteroatoms. The van der Waals surface area contributed by atoms with E-state index in [1.807, 2.05) is 22.0 Å². The van der Waals surface area contributed by atoms with Crippen LogP contribution in [-0.2, 0) is 6.42 Å².